The monoisotopic (exact) mass is 320 g/mol. The molecule has 0 aliphatic carbocycles. The first-order chi connectivity index (χ1) is 8.60. The number of amides is 2. The first-order valence-corrected chi connectivity index (χ1v) is 7.01. The fraction of sp³-hybridized carbons (Fsp3) is 0.727. The van der Waals surface area contributed by atoms with Gasteiger partial charge in [0.1, 0.15) is 6.04 Å². The third-order valence-electron chi connectivity index (χ3n) is 2.62. The normalized spacial score (nSPS) is 19.3. The Balaban J connectivity index is 2.69. The number of piperazine rings is 1. The van der Waals surface area contributed by atoms with E-state index < -0.39 is 12.0 Å². The highest BCUT2D eigenvalue weighted by Crippen LogP contribution is 2.12. The molecule has 1 fully saturated rings. The molecular formula is C11H17BrN2O4. The lowest BCUT2D eigenvalue weighted by molar-refractivity contribution is -0.151. The number of rotatable bonds is 5. The molecule has 6 nitrogen and oxygen atoms in total. The summed E-state index contributed by atoms with van der Waals surface area (Å²) < 4.78 is 4.81. The number of carbonyl (C=O) groups excluding carboxylic acids is 3. The van der Waals surface area contributed by atoms with Crippen molar-refractivity contribution in [3.05, 3.63) is 0 Å². The lowest BCUT2D eigenvalue weighted by Crippen LogP contribution is -2.57. The second-order valence-corrected chi connectivity index (χ2v) is 4.64. The van der Waals surface area contributed by atoms with Gasteiger partial charge in [-0.1, -0.05) is 15.9 Å². The minimum absolute atomic E-state index is 0.0896. The standard InChI is InChI=1S/C11H17BrN2O4/c1-2-18-10(16)7-8-11(17)13-5-6-14(8)9(15)3-4-12/h8H,2-7H2,1H3,(H,13,17). The van der Waals surface area contributed by atoms with Crippen LogP contribution in [0.25, 0.3) is 0 Å². The molecule has 1 atom stereocenters. The van der Waals surface area contributed by atoms with Crippen molar-refractivity contribution in [1.82, 2.24) is 10.2 Å². The average molecular weight is 321 g/mol. The minimum atomic E-state index is -0.746. The van der Waals surface area contributed by atoms with E-state index in [1.807, 2.05) is 0 Å². The van der Waals surface area contributed by atoms with Crippen LogP contribution in [0.4, 0.5) is 0 Å². The van der Waals surface area contributed by atoms with Crippen molar-refractivity contribution in [3.8, 4) is 0 Å². The zero-order valence-corrected chi connectivity index (χ0v) is 11.9. The van der Waals surface area contributed by atoms with E-state index in [1.54, 1.807) is 6.92 Å². The van der Waals surface area contributed by atoms with Gasteiger partial charge in [0, 0.05) is 24.8 Å². The van der Waals surface area contributed by atoms with Crippen molar-refractivity contribution in [2.45, 2.75) is 25.8 Å². The number of halogens is 1. The summed E-state index contributed by atoms with van der Waals surface area (Å²) in [6.45, 7) is 2.82. The molecule has 1 aliphatic rings. The van der Waals surface area contributed by atoms with E-state index in [9.17, 15) is 14.4 Å². The molecule has 2 amide bonds. The number of hydrogen-bond acceptors (Lipinski definition) is 4. The molecule has 0 radical (unpaired) electrons. The Morgan fingerprint density at radius 3 is 2.89 bits per heavy atom. The number of hydrogen-bond donors (Lipinski definition) is 1. The smallest absolute Gasteiger partial charge is 0.308 e. The third kappa shape index (κ3) is 3.97. The van der Waals surface area contributed by atoms with Crippen LogP contribution in [0.15, 0.2) is 0 Å². The van der Waals surface area contributed by atoms with Crippen LogP contribution in [0.2, 0.25) is 0 Å². The van der Waals surface area contributed by atoms with Crippen molar-refractivity contribution >= 4 is 33.7 Å². The molecule has 0 saturated carbocycles. The highest BCUT2D eigenvalue weighted by Gasteiger charge is 2.34. The molecule has 18 heavy (non-hydrogen) atoms. The molecule has 7 heteroatoms. The van der Waals surface area contributed by atoms with Crippen LogP contribution in [0.5, 0.6) is 0 Å². The summed E-state index contributed by atoms with van der Waals surface area (Å²) in [5, 5.41) is 3.19. The zero-order valence-electron chi connectivity index (χ0n) is 10.3. The topological polar surface area (TPSA) is 75.7 Å². The van der Waals surface area contributed by atoms with Gasteiger partial charge in [0.2, 0.25) is 11.8 Å². The van der Waals surface area contributed by atoms with E-state index in [-0.39, 0.29) is 24.8 Å². The summed E-state index contributed by atoms with van der Waals surface area (Å²) in [5.74, 6) is -0.885. The van der Waals surface area contributed by atoms with Gasteiger partial charge in [-0.05, 0) is 6.92 Å². The van der Waals surface area contributed by atoms with Gasteiger partial charge in [-0.3, -0.25) is 14.4 Å². The quantitative estimate of drug-likeness (QED) is 0.574. The van der Waals surface area contributed by atoms with Crippen LogP contribution in [-0.4, -0.2) is 53.8 Å². The van der Waals surface area contributed by atoms with E-state index in [4.69, 9.17) is 4.74 Å². The number of nitrogens with one attached hydrogen (secondary N) is 1. The zero-order chi connectivity index (χ0) is 13.5. The van der Waals surface area contributed by atoms with Crippen LogP contribution in [0.3, 0.4) is 0 Å². The second kappa shape index (κ2) is 7.35. The number of nitrogens with zero attached hydrogens (tertiary/aromatic N) is 1. The number of ether oxygens (including phenoxy) is 1. The van der Waals surface area contributed by atoms with Gasteiger partial charge in [-0.15, -0.1) is 0 Å². The molecule has 102 valence electrons. The van der Waals surface area contributed by atoms with E-state index in [0.29, 0.717) is 24.8 Å². The van der Waals surface area contributed by atoms with Gasteiger partial charge in [0.05, 0.1) is 13.0 Å². The van der Waals surface area contributed by atoms with Gasteiger partial charge in [0.25, 0.3) is 0 Å². The van der Waals surface area contributed by atoms with Gasteiger partial charge < -0.3 is 15.0 Å². The lowest BCUT2D eigenvalue weighted by Gasteiger charge is -2.34. The van der Waals surface area contributed by atoms with Crippen LogP contribution in [0.1, 0.15) is 19.8 Å². The Morgan fingerprint density at radius 1 is 1.56 bits per heavy atom. The van der Waals surface area contributed by atoms with E-state index in [0.717, 1.165) is 0 Å². The lowest BCUT2D eigenvalue weighted by atomic mass is 10.1. The van der Waals surface area contributed by atoms with Crippen molar-refractivity contribution in [1.29, 1.82) is 0 Å². The van der Waals surface area contributed by atoms with Crippen molar-refractivity contribution in [2.75, 3.05) is 25.0 Å². The molecule has 1 heterocycles. The Kier molecular flexibility index (Phi) is 6.11. The van der Waals surface area contributed by atoms with Crippen LogP contribution < -0.4 is 5.32 Å². The summed E-state index contributed by atoms with van der Waals surface area (Å²) in [4.78, 5) is 36.5. The summed E-state index contributed by atoms with van der Waals surface area (Å²) >= 11 is 3.19. The molecule has 0 aromatic carbocycles. The first kappa shape index (κ1) is 14.9. The van der Waals surface area contributed by atoms with Crippen molar-refractivity contribution in [3.63, 3.8) is 0 Å². The SMILES string of the molecule is CCOC(=O)CC1C(=O)NCCN1C(=O)CCBr. The van der Waals surface area contributed by atoms with Crippen molar-refractivity contribution < 1.29 is 19.1 Å². The number of carbonyl (C=O) groups is 3. The summed E-state index contributed by atoms with van der Waals surface area (Å²) in [6.07, 6.45) is 0.223. The van der Waals surface area contributed by atoms with Crippen molar-refractivity contribution in [2.24, 2.45) is 0 Å². The van der Waals surface area contributed by atoms with Crippen LogP contribution in [-0.2, 0) is 19.1 Å². The van der Waals surface area contributed by atoms with E-state index in [2.05, 4.69) is 21.2 Å². The average Bonchev–Trinajstić information content (AvgIpc) is 2.32. The first-order valence-electron chi connectivity index (χ1n) is 5.89. The summed E-state index contributed by atoms with van der Waals surface area (Å²) in [5.41, 5.74) is 0. The molecule has 1 rings (SSSR count). The predicted octanol–water partition coefficient (Wildman–Crippen LogP) is 0.0516. The highest BCUT2D eigenvalue weighted by molar-refractivity contribution is 9.09. The summed E-state index contributed by atoms with van der Waals surface area (Å²) in [6, 6.07) is -0.746. The molecule has 0 bridgehead atoms. The van der Waals surface area contributed by atoms with Gasteiger partial charge in [-0.2, -0.15) is 0 Å². The Labute approximate surface area is 114 Å². The molecule has 0 aromatic heterocycles. The van der Waals surface area contributed by atoms with Crippen LogP contribution in [0, 0.1) is 0 Å². The Morgan fingerprint density at radius 2 is 2.28 bits per heavy atom. The van der Waals surface area contributed by atoms with Gasteiger partial charge in [-0.25, -0.2) is 0 Å². The van der Waals surface area contributed by atoms with Gasteiger partial charge in [0.15, 0.2) is 0 Å². The second-order valence-electron chi connectivity index (χ2n) is 3.84. The molecular weight excluding hydrogens is 304 g/mol. The highest BCUT2D eigenvalue weighted by atomic mass is 79.9. The van der Waals surface area contributed by atoms with E-state index >= 15 is 0 Å². The largest absolute Gasteiger partial charge is 0.466 e. The molecule has 1 saturated heterocycles. The molecule has 1 aliphatic heterocycles. The Bertz CT molecular complexity index is 335. The van der Waals surface area contributed by atoms with E-state index in [1.165, 1.54) is 4.90 Å². The predicted molar refractivity (Wildman–Crippen MR) is 68.2 cm³/mol. The Hall–Kier alpha value is -1.11. The minimum Gasteiger partial charge on any atom is -0.466 e. The van der Waals surface area contributed by atoms with Gasteiger partial charge >= 0.3 is 5.97 Å². The fourth-order valence-corrected chi connectivity index (χ4v) is 2.16. The molecule has 0 spiro atoms. The molecule has 0 aromatic rings. The third-order valence-corrected chi connectivity index (χ3v) is 3.02. The molecule has 1 unspecified atom stereocenters. The number of alkyl halides is 1. The number of esters is 1. The maximum absolute atomic E-state index is 11.9. The maximum atomic E-state index is 11.9. The maximum Gasteiger partial charge on any atom is 0.308 e. The molecule has 1 N–H and O–H groups in total. The summed E-state index contributed by atoms with van der Waals surface area (Å²) in [7, 11) is 0. The fourth-order valence-electron chi connectivity index (χ4n) is 1.82. The van der Waals surface area contributed by atoms with Crippen LogP contribution >= 0.6 is 15.9 Å².